The van der Waals surface area contributed by atoms with Gasteiger partial charge < -0.3 is 0 Å². The van der Waals surface area contributed by atoms with Crippen molar-refractivity contribution in [3.63, 3.8) is 0 Å². The van der Waals surface area contributed by atoms with Crippen molar-refractivity contribution in [2.75, 3.05) is 5.43 Å². The fraction of sp³-hybridized carbons (Fsp3) is 0.294. The normalized spacial score (nSPS) is 12.0. The first kappa shape index (κ1) is 16.3. The molecule has 0 amide bonds. The Morgan fingerprint density at radius 3 is 2.58 bits per heavy atom. The van der Waals surface area contributed by atoms with Crippen LogP contribution in [-0.2, 0) is 5.41 Å². The number of rotatable bonds is 4. The van der Waals surface area contributed by atoms with Crippen LogP contribution in [0.2, 0.25) is 0 Å². The lowest BCUT2D eigenvalue weighted by molar-refractivity contribution is 0.567. The van der Waals surface area contributed by atoms with Gasteiger partial charge in [0.15, 0.2) is 0 Å². The van der Waals surface area contributed by atoms with E-state index in [-0.39, 0.29) is 5.41 Å². The Balaban J connectivity index is 1.83. The van der Waals surface area contributed by atoms with Gasteiger partial charge in [-0.25, -0.2) is 14.6 Å². The molecule has 0 spiro atoms. The molecule has 0 saturated heterocycles. The topological polar surface area (TPSA) is 68.0 Å². The van der Waals surface area contributed by atoms with Crippen LogP contribution in [0.15, 0.2) is 42.0 Å². The van der Waals surface area contributed by atoms with Crippen LogP contribution in [0.25, 0.3) is 5.00 Å². The first-order chi connectivity index (χ1) is 11.4. The zero-order valence-corrected chi connectivity index (χ0v) is 15.0. The van der Waals surface area contributed by atoms with Crippen LogP contribution in [0.3, 0.4) is 0 Å². The molecule has 124 valence electrons. The lowest BCUT2D eigenvalue weighted by Crippen LogP contribution is -2.15. The van der Waals surface area contributed by atoms with Crippen LogP contribution in [0.1, 0.15) is 37.6 Å². The first-order valence-corrected chi connectivity index (χ1v) is 8.47. The predicted molar refractivity (Wildman–Crippen MR) is 98.1 cm³/mol. The SMILES string of the molecule is Cc1ccc(/C=N/Nc2nc(C(C)(C)C)c(-n3cncn3)s2)cc1. The van der Waals surface area contributed by atoms with Gasteiger partial charge in [0, 0.05) is 5.41 Å². The summed E-state index contributed by atoms with van der Waals surface area (Å²) in [6.45, 7) is 8.44. The zero-order valence-electron chi connectivity index (χ0n) is 14.2. The second kappa shape index (κ2) is 6.52. The Kier molecular flexibility index (Phi) is 4.44. The molecule has 0 atom stereocenters. The molecular formula is C17H20N6S. The number of hydrazone groups is 1. The van der Waals surface area contributed by atoms with Crippen LogP contribution < -0.4 is 5.43 Å². The molecule has 7 heteroatoms. The molecule has 0 aliphatic carbocycles. The fourth-order valence-electron chi connectivity index (χ4n) is 2.13. The van der Waals surface area contributed by atoms with Gasteiger partial charge in [-0.3, -0.25) is 5.43 Å². The number of hydrogen-bond acceptors (Lipinski definition) is 6. The number of anilines is 1. The molecule has 1 aromatic carbocycles. The van der Waals surface area contributed by atoms with Gasteiger partial charge in [0.05, 0.1) is 11.9 Å². The minimum Gasteiger partial charge on any atom is -0.253 e. The maximum Gasteiger partial charge on any atom is 0.205 e. The number of aryl methyl sites for hydroxylation is 1. The summed E-state index contributed by atoms with van der Waals surface area (Å²) in [4.78, 5) is 8.71. The monoisotopic (exact) mass is 340 g/mol. The summed E-state index contributed by atoms with van der Waals surface area (Å²) < 4.78 is 1.74. The van der Waals surface area contributed by atoms with Crippen molar-refractivity contribution in [3.05, 3.63) is 53.7 Å². The highest BCUT2D eigenvalue weighted by molar-refractivity contribution is 7.18. The minimum absolute atomic E-state index is 0.0988. The van der Waals surface area contributed by atoms with Gasteiger partial charge >= 0.3 is 0 Å². The number of benzene rings is 1. The third kappa shape index (κ3) is 3.68. The smallest absolute Gasteiger partial charge is 0.205 e. The molecule has 0 saturated carbocycles. The summed E-state index contributed by atoms with van der Waals surface area (Å²) in [5.74, 6) is 0. The second-order valence-corrected chi connectivity index (χ2v) is 7.52. The summed E-state index contributed by atoms with van der Waals surface area (Å²) >= 11 is 1.51. The molecule has 3 rings (SSSR count). The highest BCUT2D eigenvalue weighted by atomic mass is 32.1. The van der Waals surface area contributed by atoms with Crippen LogP contribution in [0, 0.1) is 6.92 Å². The second-order valence-electron chi connectivity index (χ2n) is 6.54. The number of nitrogens with zero attached hydrogens (tertiary/aromatic N) is 5. The zero-order chi connectivity index (χ0) is 17.2. The van der Waals surface area contributed by atoms with Crippen molar-refractivity contribution in [1.29, 1.82) is 0 Å². The van der Waals surface area contributed by atoms with E-state index in [4.69, 9.17) is 0 Å². The van der Waals surface area contributed by atoms with E-state index in [9.17, 15) is 0 Å². The van der Waals surface area contributed by atoms with E-state index in [2.05, 4.69) is 65.4 Å². The highest BCUT2D eigenvalue weighted by Crippen LogP contribution is 2.34. The van der Waals surface area contributed by atoms with Crippen LogP contribution in [-0.4, -0.2) is 26.0 Å². The molecule has 0 unspecified atom stereocenters. The highest BCUT2D eigenvalue weighted by Gasteiger charge is 2.24. The van der Waals surface area contributed by atoms with Gasteiger partial charge in [-0.1, -0.05) is 61.9 Å². The summed E-state index contributed by atoms with van der Waals surface area (Å²) in [6.07, 6.45) is 4.99. The number of thiazole rings is 1. The number of aromatic nitrogens is 4. The summed E-state index contributed by atoms with van der Waals surface area (Å²) in [7, 11) is 0. The quantitative estimate of drug-likeness (QED) is 0.580. The Labute approximate surface area is 145 Å². The van der Waals surface area contributed by atoms with E-state index in [0.29, 0.717) is 0 Å². The first-order valence-electron chi connectivity index (χ1n) is 7.65. The average molecular weight is 340 g/mol. The summed E-state index contributed by atoms with van der Waals surface area (Å²) in [5, 5.41) is 10.2. The van der Waals surface area contributed by atoms with E-state index in [1.165, 1.54) is 23.2 Å². The average Bonchev–Trinajstić information content (AvgIpc) is 3.17. The van der Waals surface area contributed by atoms with Gasteiger partial charge in [0.25, 0.3) is 0 Å². The van der Waals surface area contributed by atoms with Gasteiger partial charge in [0.1, 0.15) is 17.7 Å². The molecule has 0 bridgehead atoms. The molecule has 6 nitrogen and oxygen atoms in total. The third-order valence-corrected chi connectivity index (χ3v) is 4.35. The molecule has 0 radical (unpaired) electrons. The van der Waals surface area contributed by atoms with E-state index in [0.717, 1.165) is 21.4 Å². The Bertz CT molecular complexity index is 825. The number of hydrogen-bond donors (Lipinski definition) is 1. The van der Waals surface area contributed by atoms with Gasteiger partial charge in [-0.2, -0.15) is 10.2 Å². The standard InChI is InChI=1S/C17H20N6S/c1-12-5-7-13(8-6-12)9-19-22-16-21-14(17(2,3)4)15(24-16)23-11-18-10-20-23/h5-11H,1-4H3,(H,21,22)/b19-9+. The summed E-state index contributed by atoms with van der Waals surface area (Å²) in [5.41, 5.74) is 6.15. The van der Waals surface area contributed by atoms with Crippen molar-refractivity contribution < 1.29 is 0 Å². The molecule has 3 aromatic rings. The van der Waals surface area contributed by atoms with Gasteiger partial charge in [0.2, 0.25) is 5.13 Å². The Morgan fingerprint density at radius 1 is 1.21 bits per heavy atom. The van der Waals surface area contributed by atoms with Crippen molar-refractivity contribution in [2.24, 2.45) is 5.10 Å². The van der Waals surface area contributed by atoms with Gasteiger partial charge in [-0.05, 0) is 12.5 Å². The largest absolute Gasteiger partial charge is 0.253 e. The maximum absolute atomic E-state index is 4.69. The fourth-order valence-corrected chi connectivity index (χ4v) is 3.19. The van der Waals surface area contributed by atoms with E-state index < -0.39 is 0 Å². The molecule has 0 aliphatic rings. The molecular weight excluding hydrogens is 320 g/mol. The lowest BCUT2D eigenvalue weighted by Gasteiger charge is -2.16. The van der Waals surface area contributed by atoms with Crippen molar-refractivity contribution in [2.45, 2.75) is 33.1 Å². The third-order valence-electron chi connectivity index (χ3n) is 3.40. The molecule has 2 heterocycles. The molecule has 2 aromatic heterocycles. The lowest BCUT2D eigenvalue weighted by atomic mass is 9.92. The molecule has 1 N–H and O–H groups in total. The van der Waals surface area contributed by atoms with Crippen LogP contribution in [0.5, 0.6) is 0 Å². The predicted octanol–water partition coefficient (Wildman–Crippen LogP) is 3.78. The molecule has 0 aliphatic heterocycles. The van der Waals surface area contributed by atoms with Crippen molar-refractivity contribution in [3.8, 4) is 5.00 Å². The van der Waals surface area contributed by atoms with Gasteiger partial charge in [-0.15, -0.1) is 0 Å². The Morgan fingerprint density at radius 2 is 1.96 bits per heavy atom. The van der Waals surface area contributed by atoms with Crippen LogP contribution >= 0.6 is 11.3 Å². The number of nitrogens with one attached hydrogen (secondary N) is 1. The molecule has 0 fully saturated rings. The van der Waals surface area contributed by atoms with Crippen molar-refractivity contribution >= 4 is 22.7 Å². The maximum atomic E-state index is 4.69. The van der Waals surface area contributed by atoms with Crippen LogP contribution in [0.4, 0.5) is 5.13 Å². The molecule has 24 heavy (non-hydrogen) atoms. The minimum atomic E-state index is -0.0988. The van der Waals surface area contributed by atoms with E-state index in [1.807, 2.05) is 12.1 Å². The summed E-state index contributed by atoms with van der Waals surface area (Å²) in [6, 6.07) is 8.18. The Hall–Kier alpha value is -2.54. The van der Waals surface area contributed by atoms with Crippen molar-refractivity contribution in [1.82, 2.24) is 19.7 Å². The van der Waals surface area contributed by atoms with E-state index in [1.54, 1.807) is 17.2 Å². The van der Waals surface area contributed by atoms with E-state index >= 15 is 0 Å².